The van der Waals surface area contributed by atoms with Crippen LogP contribution in [-0.4, -0.2) is 19.4 Å². The lowest BCUT2D eigenvalue weighted by Crippen LogP contribution is -2.30. The number of hydrazine groups is 1. The summed E-state index contributed by atoms with van der Waals surface area (Å²) in [6.45, 7) is 1.91. The third-order valence-electron chi connectivity index (χ3n) is 2.92. The van der Waals surface area contributed by atoms with E-state index in [9.17, 15) is 0 Å². The Kier molecular flexibility index (Phi) is 3.24. The fraction of sp³-hybridized carbons (Fsp3) is 0.250. The molecule has 3 heterocycles. The number of hydrogen-bond donors (Lipinski definition) is 2. The van der Waals surface area contributed by atoms with Gasteiger partial charge in [-0.3, -0.25) is 25.6 Å². The summed E-state index contributed by atoms with van der Waals surface area (Å²) in [6, 6.07) is -0.0855. The summed E-state index contributed by atoms with van der Waals surface area (Å²) >= 11 is 1.61. The van der Waals surface area contributed by atoms with Crippen molar-refractivity contribution in [2.75, 3.05) is 0 Å². The second kappa shape index (κ2) is 5.04. The van der Waals surface area contributed by atoms with Gasteiger partial charge >= 0.3 is 0 Å². The molecule has 0 spiro atoms. The zero-order chi connectivity index (χ0) is 13.2. The molecule has 3 aromatic rings. The Labute approximate surface area is 114 Å². The van der Waals surface area contributed by atoms with Crippen LogP contribution in [0.1, 0.15) is 23.1 Å². The van der Waals surface area contributed by atoms with Crippen molar-refractivity contribution in [3.8, 4) is 0 Å². The average Bonchev–Trinajstić information content (AvgIpc) is 2.98. The summed E-state index contributed by atoms with van der Waals surface area (Å²) in [4.78, 5) is 14.1. The van der Waals surface area contributed by atoms with E-state index in [2.05, 4.69) is 20.4 Å². The van der Waals surface area contributed by atoms with Crippen molar-refractivity contribution in [1.29, 1.82) is 0 Å². The minimum atomic E-state index is -0.0855. The first-order chi connectivity index (χ1) is 9.26. The van der Waals surface area contributed by atoms with Crippen LogP contribution in [0.3, 0.4) is 0 Å². The van der Waals surface area contributed by atoms with Crippen LogP contribution in [0, 0.1) is 6.92 Å². The SMILES string of the molecule is Cc1cnc(C(Cc2cn3ccsc3n2)NN)cn1. The number of nitrogens with one attached hydrogen (secondary N) is 1. The summed E-state index contributed by atoms with van der Waals surface area (Å²) in [5.41, 5.74) is 5.47. The van der Waals surface area contributed by atoms with Crippen molar-refractivity contribution < 1.29 is 0 Å². The van der Waals surface area contributed by atoms with Gasteiger partial charge in [0.1, 0.15) is 0 Å². The molecule has 3 N–H and O–H groups in total. The first-order valence-corrected chi connectivity index (χ1v) is 6.80. The first-order valence-electron chi connectivity index (χ1n) is 5.92. The normalized spacial score (nSPS) is 12.9. The third kappa shape index (κ3) is 2.48. The maximum absolute atomic E-state index is 5.61. The molecule has 0 radical (unpaired) electrons. The zero-order valence-electron chi connectivity index (χ0n) is 10.4. The molecule has 0 aromatic carbocycles. The third-order valence-corrected chi connectivity index (χ3v) is 3.69. The molecule has 3 aromatic heterocycles. The minimum absolute atomic E-state index is 0.0855. The number of hydrogen-bond acceptors (Lipinski definition) is 6. The summed E-state index contributed by atoms with van der Waals surface area (Å²) in [5.74, 6) is 5.61. The molecule has 0 aliphatic rings. The highest BCUT2D eigenvalue weighted by molar-refractivity contribution is 7.15. The van der Waals surface area contributed by atoms with E-state index < -0.39 is 0 Å². The Bertz CT molecular complexity index is 642. The van der Waals surface area contributed by atoms with Gasteiger partial charge in [0.25, 0.3) is 0 Å². The second-order valence-corrected chi connectivity index (χ2v) is 5.20. The molecular weight excluding hydrogens is 260 g/mol. The Morgan fingerprint density at radius 3 is 3.00 bits per heavy atom. The van der Waals surface area contributed by atoms with Crippen LogP contribution < -0.4 is 11.3 Å². The van der Waals surface area contributed by atoms with Gasteiger partial charge in [-0.15, -0.1) is 11.3 Å². The maximum Gasteiger partial charge on any atom is 0.193 e. The zero-order valence-corrected chi connectivity index (χ0v) is 11.3. The van der Waals surface area contributed by atoms with Gasteiger partial charge in [0.15, 0.2) is 4.96 Å². The minimum Gasteiger partial charge on any atom is -0.297 e. The van der Waals surface area contributed by atoms with E-state index in [0.717, 1.165) is 22.0 Å². The number of nitrogens with two attached hydrogens (primary N) is 1. The van der Waals surface area contributed by atoms with Gasteiger partial charge in [0, 0.05) is 30.4 Å². The maximum atomic E-state index is 5.61. The molecule has 3 rings (SSSR count). The van der Waals surface area contributed by atoms with Crippen molar-refractivity contribution in [3.63, 3.8) is 0 Å². The summed E-state index contributed by atoms with van der Waals surface area (Å²) in [6.07, 6.45) is 8.18. The van der Waals surface area contributed by atoms with E-state index in [-0.39, 0.29) is 6.04 Å². The van der Waals surface area contributed by atoms with Crippen molar-refractivity contribution >= 4 is 16.3 Å². The Balaban J connectivity index is 1.83. The highest BCUT2D eigenvalue weighted by Crippen LogP contribution is 2.17. The summed E-state index contributed by atoms with van der Waals surface area (Å²) < 4.78 is 2.01. The Morgan fingerprint density at radius 1 is 1.42 bits per heavy atom. The molecule has 98 valence electrons. The second-order valence-electron chi connectivity index (χ2n) is 4.33. The van der Waals surface area contributed by atoms with Crippen molar-refractivity contribution in [3.05, 3.63) is 47.2 Å². The highest BCUT2D eigenvalue weighted by Gasteiger charge is 2.14. The van der Waals surface area contributed by atoms with Crippen LogP contribution in [0.25, 0.3) is 4.96 Å². The van der Waals surface area contributed by atoms with E-state index in [1.54, 1.807) is 23.7 Å². The van der Waals surface area contributed by atoms with Gasteiger partial charge < -0.3 is 0 Å². The quantitative estimate of drug-likeness (QED) is 0.552. The van der Waals surface area contributed by atoms with Crippen molar-refractivity contribution in [2.24, 2.45) is 5.84 Å². The van der Waals surface area contributed by atoms with Gasteiger partial charge in [-0.25, -0.2) is 4.98 Å². The molecule has 0 saturated heterocycles. The predicted octanol–water partition coefficient (Wildman–Crippen LogP) is 1.24. The standard InChI is InChI=1S/C12H14N6S/c1-8-5-15-11(6-14-8)10(17-13)4-9-7-18-2-3-19-12(18)16-9/h2-3,5-7,10,17H,4,13H2,1H3. The number of nitrogens with zero attached hydrogens (tertiary/aromatic N) is 4. The van der Waals surface area contributed by atoms with Gasteiger partial charge in [-0.05, 0) is 6.92 Å². The molecule has 1 unspecified atom stereocenters. The number of thiazole rings is 1. The summed E-state index contributed by atoms with van der Waals surface area (Å²) in [5, 5.41) is 2.01. The molecule has 19 heavy (non-hydrogen) atoms. The van der Waals surface area contributed by atoms with E-state index in [4.69, 9.17) is 5.84 Å². The van der Waals surface area contributed by atoms with Gasteiger partial charge in [0.05, 0.1) is 29.3 Å². The molecular formula is C12H14N6S. The number of aryl methyl sites for hydroxylation is 1. The largest absolute Gasteiger partial charge is 0.297 e. The molecule has 0 amide bonds. The fourth-order valence-electron chi connectivity index (χ4n) is 1.91. The molecule has 7 heteroatoms. The summed E-state index contributed by atoms with van der Waals surface area (Å²) in [7, 11) is 0. The fourth-order valence-corrected chi connectivity index (χ4v) is 2.63. The predicted molar refractivity (Wildman–Crippen MR) is 73.6 cm³/mol. The number of rotatable bonds is 4. The number of aromatic nitrogens is 4. The van der Waals surface area contributed by atoms with Crippen molar-refractivity contribution in [2.45, 2.75) is 19.4 Å². The molecule has 6 nitrogen and oxygen atoms in total. The number of imidazole rings is 1. The Morgan fingerprint density at radius 2 is 2.32 bits per heavy atom. The van der Waals surface area contributed by atoms with Crippen LogP contribution in [-0.2, 0) is 6.42 Å². The smallest absolute Gasteiger partial charge is 0.193 e. The van der Waals surface area contributed by atoms with Gasteiger partial charge in [0.2, 0.25) is 0 Å². The molecule has 0 saturated carbocycles. The van der Waals surface area contributed by atoms with Gasteiger partial charge in [-0.1, -0.05) is 0 Å². The van der Waals surface area contributed by atoms with Crippen LogP contribution in [0.15, 0.2) is 30.2 Å². The monoisotopic (exact) mass is 274 g/mol. The number of fused-ring (bicyclic) bond motifs is 1. The highest BCUT2D eigenvalue weighted by atomic mass is 32.1. The van der Waals surface area contributed by atoms with Crippen LogP contribution >= 0.6 is 11.3 Å². The first kappa shape index (κ1) is 12.2. The lowest BCUT2D eigenvalue weighted by Gasteiger charge is -2.13. The molecule has 1 atom stereocenters. The Hall–Kier alpha value is -1.83. The lowest BCUT2D eigenvalue weighted by atomic mass is 10.1. The van der Waals surface area contributed by atoms with Crippen molar-refractivity contribution in [1.82, 2.24) is 24.8 Å². The molecule has 0 aliphatic heterocycles. The van der Waals surface area contributed by atoms with E-state index in [1.165, 1.54) is 0 Å². The van der Waals surface area contributed by atoms with E-state index >= 15 is 0 Å². The van der Waals surface area contributed by atoms with E-state index in [0.29, 0.717) is 6.42 Å². The van der Waals surface area contributed by atoms with Crippen LogP contribution in [0.4, 0.5) is 0 Å². The van der Waals surface area contributed by atoms with Crippen LogP contribution in [0.5, 0.6) is 0 Å². The molecule has 0 aliphatic carbocycles. The average molecular weight is 274 g/mol. The van der Waals surface area contributed by atoms with Gasteiger partial charge in [-0.2, -0.15) is 0 Å². The lowest BCUT2D eigenvalue weighted by molar-refractivity contribution is 0.531. The van der Waals surface area contributed by atoms with E-state index in [1.807, 2.05) is 29.1 Å². The molecule has 0 bridgehead atoms. The van der Waals surface area contributed by atoms with Crippen LogP contribution in [0.2, 0.25) is 0 Å². The molecule has 0 fully saturated rings. The topological polar surface area (TPSA) is 81.1 Å².